The first kappa shape index (κ1) is 12.8. The Morgan fingerprint density at radius 1 is 0.533 bits per heavy atom. The van der Waals surface area contributed by atoms with Crippen LogP contribution in [0.2, 0.25) is 0 Å². The molecule has 6 nitrogen and oxygen atoms in total. The van der Waals surface area contributed by atoms with Crippen LogP contribution in [0.25, 0.3) is 0 Å². The molecular formula is C9H21N3O3. The third kappa shape index (κ3) is 4.42. The number of rotatable bonds is 3. The molecule has 6 heteroatoms. The Kier molecular flexibility index (Phi) is 6.07. The normalized spacial score (nSPS) is 23.4. The summed E-state index contributed by atoms with van der Waals surface area (Å²) >= 11 is 0. The highest BCUT2D eigenvalue weighted by Gasteiger charge is 2.14. The molecule has 0 aromatic rings. The number of hydrogen-bond donors (Lipinski definition) is 3. The van der Waals surface area contributed by atoms with Crippen LogP contribution in [0, 0.1) is 0 Å². The molecule has 0 aromatic carbocycles. The van der Waals surface area contributed by atoms with E-state index >= 15 is 0 Å². The van der Waals surface area contributed by atoms with Crippen LogP contribution in [0.3, 0.4) is 0 Å². The molecule has 1 heterocycles. The number of aliphatic hydroxyl groups excluding tert-OH is 3. The second kappa shape index (κ2) is 7.10. The molecule has 1 rings (SSSR count). The summed E-state index contributed by atoms with van der Waals surface area (Å²) in [5, 5.41) is 27.2. The van der Waals surface area contributed by atoms with Crippen molar-refractivity contribution >= 4 is 0 Å². The zero-order valence-corrected chi connectivity index (χ0v) is 9.05. The van der Waals surface area contributed by atoms with E-state index in [4.69, 9.17) is 15.3 Å². The summed E-state index contributed by atoms with van der Waals surface area (Å²) in [6, 6.07) is 0. The quantitative estimate of drug-likeness (QED) is 0.498. The van der Waals surface area contributed by atoms with Crippen molar-refractivity contribution in [2.24, 2.45) is 0 Å². The van der Waals surface area contributed by atoms with Gasteiger partial charge in [-0.3, -0.25) is 14.7 Å². The summed E-state index contributed by atoms with van der Waals surface area (Å²) in [5.41, 5.74) is 0. The van der Waals surface area contributed by atoms with Gasteiger partial charge in [0.2, 0.25) is 0 Å². The molecule has 0 radical (unpaired) electrons. The highest BCUT2D eigenvalue weighted by molar-refractivity contribution is 4.67. The summed E-state index contributed by atoms with van der Waals surface area (Å²) in [5.74, 6) is 0. The van der Waals surface area contributed by atoms with Gasteiger partial charge in [0.15, 0.2) is 0 Å². The van der Waals surface area contributed by atoms with Crippen LogP contribution in [0.15, 0.2) is 0 Å². The first-order valence-corrected chi connectivity index (χ1v) is 5.29. The van der Waals surface area contributed by atoms with E-state index in [1.807, 2.05) is 14.7 Å². The molecule has 0 bridgehead atoms. The molecule has 0 amide bonds. The van der Waals surface area contributed by atoms with E-state index in [1.165, 1.54) is 0 Å². The number of aliphatic hydroxyl groups is 3. The molecule has 0 aromatic heterocycles. The number of nitrogens with zero attached hydrogens (tertiary/aromatic N) is 3. The van der Waals surface area contributed by atoms with Gasteiger partial charge in [-0.2, -0.15) is 0 Å². The molecule has 1 saturated heterocycles. The Balaban J connectivity index is 2.47. The summed E-state index contributed by atoms with van der Waals surface area (Å²) in [7, 11) is 0. The van der Waals surface area contributed by atoms with Gasteiger partial charge in [0.05, 0.1) is 20.2 Å². The van der Waals surface area contributed by atoms with E-state index in [9.17, 15) is 0 Å². The predicted octanol–water partition coefficient (Wildman–Crippen LogP) is -2.24. The molecule has 15 heavy (non-hydrogen) atoms. The average Bonchev–Trinajstić information content (AvgIpc) is 2.38. The van der Waals surface area contributed by atoms with Crippen molar-refractivity contribution in [3.05, 3.63) is 0 Å². The predicted molar refractivity (Wildman–Crippen MR) is 56.0 cm³/mol. The van der Waals surface area contributed by atoms with Crippen molar-refractivity contribution in [3.8, 4) is 0 Å². The first-order chi connectivity index (χ1) is 7.30. The Morgan fingerprint density at radius 2 is 0.733 bits per heavy atom. The van der Waals surface area contributed by atoms with Gasteiger partial charge in [0.1, 0.15) is 0 Å². The lowest BCUT2D eigenvalue weighted by atomic mass is 10.4. The molecule has 3 N–H and O–H groups in total. The van der Waals surface area contributed by atoms with Gasteiger partial charge in [0, 0.05) is 39.3 Å². The standard InChI is InChI=1S/C9H21N3O3/c13-7-10-1-2-11(8-14)5-6-12(9-15)4-3-10/h13-15H,1-9H2. The monoisotopic (exact) mass is 219 g/mol. The minimum Gasteiger partial charge on any atom is -0.381 e. The Morgan fingerprint density at radius 3 is 0.867 bits per heavy atom. The maximum atomic E-state index is 9.08. The SMILES string of the molecule is OCN1CCN(CO)CCN(CO)CC1. The molecule has 1 aliphatic rings. The van der Waals surface area contributed by atoms with Crippen LogP contribution in [-0.4, -0.2) is 89.5 Å². The third-order valence-corrected chi connectivity index (χ3v) is 2.80. The van der Waals surface area contributed by atoms with E-state index in [0.29, 0.717) is 0 Å². The van der Waals surface area contributed by atoms with Crippen LogP contribution in [0.5, 0.6) is 0 Å². The fourth-order valence-electron chi connectivity index (χ4n) is 1.61. The molecule has 0 atom stereocenters. The van der Waals surface area contributed by atoms with Gasteiger partial charge in [-0.1, -0.05) is 0 Å². The van der Waals surface area contributed by atoms with E-state index in [1.54, 1.807) is 0 Å². The lowest BCUT2D eigenvalue weighted by molar-refractivity contribution is 0.0723. The number of hydrogen-bond acceptors (Lipinski definition) is 6. The summed E-state index contributed by atoms with van der Waals surface area (Å²) in [4.78, 5) is 5.70. The lowest BCUT2D eigenvalue weighted by Crippen LogP contribution is -2.36. The maximum absolute atomic E-state index is 9.08. The van der Waals surface area contributed by atoms with Crippen molar-refractivity contribution in [1.82, 2.24) is 14.7 Å². The zero-order valence-electron chi connectivity index (χ0n) is 9.05. The van der Waals surface area contributed by atoms with Gasteiger partial charge >= 0.3 is 0 Å². The van der Waals surface area contributed by atoms with Crippen LogP contribution < -0.4 is 0 Å². The van der Waals surface area contributed by atoms with Crippen LogP contribution in [0.4, 0.5) is 0 Å². The minimum absolute atomic E-state index is 0.0263. The van der Waals surface area contributed by atoms with Crippen LogP contribution in [0.1, 0.15) is 0 Å². The smallest absolute Gasteiger partial charge is 0.0957 e. The van der Waals surface area contributed by atoms with Crippen LogP contribution >= 0.6 is 0 Å². The molecule has 0 spiro atoms. The summed E-state index contributed by atoms with van der Waals surface area (Å²) in [6.45, 7) is 4.56. The van der Waals surface area contributed by atoms with E-state index in [-0.39, 0.29) is 20.2 Å². The molecule has 1 aliphatic heterocycles. The summed E-state index contributed by atoms with van der Waals surface area (Å²) in [6.07, 6.45) is 0. The lowest BCUT2D eigenvalue weighted by Gasteiger charge is -2.22. The highest BCUT2D eigenvalue weighted by Crippen LogP contribution is 1.98. The van der Waals surface area contributed by atoms with E-state index in [0.717, 1.165) is 39.3 Å². The zero-order chi connectivity index (χ0) is 11.1. The molecule has 0 unspecified atom stereocenters. The highest BCUT2D eigenvalue weighted by atomic mass is 16.3. The fraction of sp³-hybridized carbons (Fsp3) is 1.00. The largest absolute Gasteiger partial charge is 0.381 e. The van der Waals surface area contributed by atoms with Gasteiger partial charge in [-0.15, -0.1) is 0 Å². The van der Waals surface area contributed by atoms with Crippen molar-refractivity contribution in [2.45, 2.75) is 0 Å². The fourth-order valence-corrected chi connectivity index (χ4v) is 1.61. The second-order valence-electron chi connectivity index (χ2n) is 3.78. The third-order valence-electron chi connectivity index (χ3n) is 2.80. The van der Waals surface area contributed by atoms with Crippen molar-refractivity contribution in [3.63, 3.8) is 0 Å². The van der Waals surface area contributed by atoms with Crippen molar-refractivity contribution in [1.29, 1.82) is 0 Å². The molecule has 0 saturated carbocycles. The van der Waals surface area contributed by atoms with Gasteiger partial charge in [-0.05, 0) is 0 Å². The van der Waals surface area contributed by atoms with E-state index in [2.05, 4.69) is 0 Å². The van der Waals surface area contributed by atoms with Gasteiger partial charge in [-0.25, -0.2) is 0 Å². The van der Waals surface area contributed by atoms with Crippen LogP contribution in [-0.2, 0) is 0 Å². The van der Waals surface area contributed by atoms with Gasteiger partial charge < -0.3 is 15.3 Å². The van der Waals surface area contributed by atoms with Gasteiger partial charge in [0.25, 0.3) is 0 Å². The summed E-state index contributed by atoms with van der Waals surface area (Å²) < 4.78 is 0. The molecule has 1 fully saturated rings. The minimum atomic E-state index is 0.0263. The average molecular weight is 219 g/mol. The molecular weight excluding hydrogens is 198 g/mol. The molecule has 90 valence electrons. The maximum Gasteiger partial charge on any atom is 0.0957 e. The molecule has 0 aliphatic carbocycles. The van der Waals surface area contributed by atoms with Crippen molar-refractivity contribution < 1.29 is 15.3 Å². The van der Waals surface area contributed by atoms with E-state index < -0.39 is 0 Å². The Hall–Kier alpha value is -0.240. The first-order valence-electron chi connectivity index (χ1n) is 5.29. The van der Waals surface area contributed by atoms with Crippen molar-refractivity contribution in [2.75, 3.05) is 59.5 Å². The second-order valence-corrected chi connectivity index (χ2v) is 3.78. The Labute approximate surface area is 90.3 Å². The Bertz CT molecular complexity index is 130. The topological polar surface area (TPSA) is 70.4 Å².